The van der Waals surface area contributed by atoms with Gasteiger partial charge in [0.2, 0.25) is 5.96 Å². The van der Waals surface area contributed by atoms with Crippen molar-refractivity contribution in [3.63, 3.8) is 0 Å². The minimum Gasteiger partial charge on any atom is -0.325 e. The van der Waals surface area contributed by atoms with E-state index >= 15 is 0 Å². The van der Waals surface area contributed by atoms with E-state index in [0.717, 1.165) is 11.3 Å². The summed E-state index contributed by atoms with van der Waals surface area (Å²) in [7, 11) is 1.69. The fourth-order valence-corrected chi connectivity index (χ4v) is 4.57. The normalized spacial score (nSPS) is 23.1. The number of amides is 3. The molecule has 0 aliphatic carbocycles. The minimum atomic E-state index is -0.544. The molecule has 2 saturated heterocycles. The van der Waals surface area contributed by atoms with E-state index in [0.29, 0.717) is 29.1 Å². The van der Waals surface area contributed by atoms with E-state index in [1.54, 1.807) is 13.1 Å². The predicted molar refractivity (Wildman–Crippen MR) is 116 cm³/mol. The number of urea groups is 1. The number of benzene rings is 2. The van der Waals surface area contributed by atoms with Crippen LogP contribution in [0.25, 0.3) is 0 Å². The first kappa shape index (κ1) is 19.2. The second-order valence-electron chi connectivity index (χ2n) is 7.52. The highest BCUT2D eigenvalue weighted by molar-refractivity contribution is 6.31. The number of imide groups is 1. The highest BCUT2D eigenvalue weighted by atomic mass is 35.5. The van der Waals surface area contributed by atoms with Crippen molar-refractivity contribution in [3.05, 3.63) is 64.1 Å². The molecule has 2 aromatic carbocycles. The van der Waals surface area contributed by atoms with Crippen LogP contribution in [0.2, 0.25) is 10.0 Å². The molecule has 0 N–H and O–H groups in total. The Morgan fingerprint density at radius 3 is 2.50 bits per heavy atom. The smallest absolute Gasteiger partial charge is 0.325 e. The molecule has 2 atom stereocenters. The number of hydrogen-bond acceptors (Lipinski definition) is 5. The van der Waals surface area contributed by atoms with E-state index in [1.807, 2.05) is 47.4 Å². The van der Waals surface area contributed by atoms with Gasteiger partial charge in [0.1, 0.15) is 0 Å². The summed E-state index contributed by atoms with van der Waals surface area (Å²) in [4.78, 5) is 38.0. The Hall–Kier alpha value is -2.77. The molecule has 3 amide bonds. The largest absolute Gasteiger partial charge is 0.328 e. The van der Waals surface area contributed by atoms with Crippen molar-refractivity contribution in [2.75, 3.05) is 25.0 Å². The summed E-state index contributed by atoms with van der Waals surface area (Å²) in [6.45, 7) is 1.49. The van der Waals surface area contributed by atoms with E-state index in [1.165, 1.54) is 9.80 Å². The number of aliphatic imine (C=N–C) groups is 1. The van der Waals surface area contributed by atoms with Gasteiger partial charge in [-0.3, -0.25) is 9.69 Å². The molecule has 2 aromatic rings. The maximum absolute atomic E-state index is 13.4. The zero-order valence-corrected chi connectivity index (χ0v) is 17.7. The molecular formula is C21H19Cl2N5O2. The standard InChI is InChI=1S/C21H19Cl2N5O2/c1-25-18-17(19(29)28(21(25)30)12-13-4-2-3-5-16(13)23)27-11-10-26(20(27)24-18)15-8-6-14(22)7-9-15/h2-9,17-18H,10-12H2,1H3. The summed E-state index contributed by atoms with van der Waals surface area (Å²) in [5, 5.41) is 1.19. The molecule has 2 unspecified atom stereocenters. The van der Waals surface area contributed by atoms with Crippen LogP contribution >= 0.6 is 23.2 Å². The number of halogens is 2. The van der Waals surface area contributed by atoms with Gasteiger partial charge in [0.15, 0.2) is 12.2 Å². The molecule has 0 saturated carbocycles. The van der Waals surface area contributed by atoms with Gasteiger partial charge in [-0.2, -0.15) is 0 Å². The van der Waals surface area contributed by atoms with Crippen molar-refractivity contribution >= 4 is 46.8 Å². The molecule has 154 valence electrons. The lowest BCUT2D eigenvalue weighted by Gasteiger charge is -2.40. The van der Waals surface area contributed by atoms with E-state index in [9.17, 15) is 9.59 Å². The lowest BCUT2D eigenvalue weighted by molar-refractivity contribution is -0.137. The number of guanidine groups is 1. The van der Waals surface area contributed by atoms with Crippen LogP contribution in [0.1, 0.15) is 5.56 Å². The van der Waals surface area contributed by atoms with Gasteiger partial charge in [-0.05, 0) is 35.9 Å². The number of rotatable bonds is 3. The van der Waals surface area contributed by atoms with Crippen molar-refractivity contribution in [1.82, 2.24) is 14.7 Å². The number of nitrogens with zero attached hydrogens (tertiary/aromatic N) is 5. The minimum absolute atomic E-state index is 0.134. The molecule has 9 heteroatoms. The molecule has 0 spiro atoms. The summed E-state index contributed by atoms with van der Waals surface area (Å²) >= 11 is 12.3. The summed E-state index contributed by atoms with van der Waals surface area (Å²) in [5.41, 5.74) is 1.68. The fraction of sp³-hybridized carbons (Fsp3) is 0.286. The number of carbonyl (C=O) groups excluding carboxylic acids is 2. The van der Waals surface area contributed by atoms with Gasteiger partial charge >= 0.3 is 6.03 Å². The van der Waals surface area contributed by atoms with E-state index < -0.39 is 12.2 Å². The number of hydrogen-bond donors (Lipinski definition) is 0. The summed E-state index contributed by atoms with van der Waals surface area (Å²) < 4.78 is 0. The van der Waals surface area contributed by atoms with Gasteiger partial charge in [0.05, 0.1) is 6.54 Å². The second-order valence-corrected chi connectivity index (χ2v) is 8.36. The third-order valence-corrected chi connectivity index (χ3v) is 6.42. The molecule has 3 heterocycles. The summed E-state index contributed by atoms with van der Waals surface area (Å²) in [5.74, 6) is 0.458. The summed E-state index contributed by atoms with van der Waals surface area (Å²) in [6.07, 6.45) is -0.544. The molecule has 2 fully saturated rings. The Balaban J connectivity index is 1.44. The quantitative estimate of drug-likeness (QED) is 0.730. The van der Waals surface area contributed by atoms with Gasteiger partial charge in [0.25, 0.3) is 5.91 Å². The van der Waals surface area contributed by atoms with Crippen LogP contribution in [0.5, 0.6) is 0 Å². The van der Waals surface area contributed by atoms with Gasteiger partial charge < -0.3 is 14.7 Å². The number of fused-ring (bicyclic) bond motifs is 3. The van der Waals surface area contributed by atoms with Crippen molar-refractivity contribution in [2.45, 2.75) is 18.8 Å². The van der Waals surface area contributed by atoms with Crippen LogP contribution in [0.4, 0.5) is 10.5 Å². The molecule has 5 rings (SSSR count). The van der Waals surface area contributed by atoms with Crippen LogP contribution in [0, 0.1) is 0 Å². The van der Waals surface area contributed by atoms with Crippen LogP contribution in [-0.2, 0) is 11.3 Å². The molecule has 7 nitrogen and oxygen atoms in total. The highest BCUT2D eigenvalue weighted by Crippen LogP contribution is 2.34. The van der Waals surface area contributed by atoms with Crippen molar-refractivity contribution in [3.8, 4) is 0 Å². The fourth-order valence-electron chi connectivity index (χ4n) is 4.24. The molecule has 30 heavy (non-hydrogen) atoms. The number of anilines is 1. The van der Waals surface area contributed by atoms with Gasteiger partial charge in [-0.15, -0.1) is 0 Å². The van der Waals surface area contributed by atoms with Gasteiger partial charge in [0, 0.05) is 35.9 Å². The first-order valence-electron chi connectivity index (χ1n) is 9.65. The first-order chi connectivity index (χ1) is 14.5. The zero-order chi connectivity index (χ0) is 21.0. The molecular weight excluding hydrogens is 425 g/mol. The molecule has 0 bridgehead atoms. The second kappa shape index (κ2) is 7.18. The number of likely N-dealkylation sites (N-methyl/N-ethyl adjacent to an activating group) is 1. The van der Waals surface area contributed by atoms with E-state index in [4.69, 9.17) is 28.2 Å². The van der Waals surface area contributed by atoms with Crippen LogP contribution in [0.15, 0.2) is 53.5 Å². The first-order valence-corrected chi connectivity index (χ1v) is 10.4. The lowest BCUT2D eigenvalue weighted by Crippen LogP contribution is -2.64. The predicted octanol–water partition coefficient (Wildman–Crippen LogP) is 3.27. The Labute approximate surface area is 184 Å². The Bertz CT molecular complexity index is 1060. The zero-order valence-electron chi connectivity index (χ0n) is 16.2. The van der Waals surface area contributed by atoms with Crippen molar-refractivity contribution < 1.29 is 9.59 Å². The topological polar surface area (TPSA) is 59.5 Å². The SMILES string of the molecule is CN1C(=O)N(Cc2ccccc2Cl)C(=O)C2C1N=C1N(c3ccc(Cl)cc3)CCN12. The van der Waals surface area contributed by atoms with Crippen LogP contribution in [-0.4, -0.2) is 64.9 Å². The highest BCUT2D eigenvalue weighted by Gasteiger charge is 2.54. The van der Waals surface area contributed by atoms with Crippen molar-refractivity contribution in [2.24, 2.45) is 4.99 Å². The monoisotopic (exact) mass is 443 g/mol. The number of carbonyl (C=O) groups is 2. The Kier molecular flexibility index (Phi) is 4.60. The van der Waals surface area contributed by atoms with Crippen LogP contribution < -0.4 is 4.90 Å². The molecule has 0 aromatic heterocycles. The van der Waals surface area contributed by atoms with Gasteiger partial charge in [-0.1, -0.05) is 41.4 Å². The van der Waals surface area contributed by atoms with Gasteiger partial charge in [-0.25, -0.2) is 9.79 Å². The average Bonchev–Trinajstić information content (AvgIpc) is 3.31. The average molecular weight is 444 g/mol. The lowest BCUT2D eigenvalue weighted by atomic mass is 10.1. The van der Waals surface area contributed by atoms with Crippen LogP contribution in [0.3, 0.4) is 0 Å². The maximum atomic E-state index is 13.4. The Morgan fingerprint density at radius 1 is 1.03 bits per heavy atom. The third kappa shape index (κ3) is 2.92. The maximum Gasteiger partial charge on any atom is 0.328 e. The molecule has 3 aliphatic rings. The van der Waals surface area contributed by atoms with E-state index in [-0.39, 0.29) is 18.5 Å². The Morgan fingerprint density at radius 2 is 1.77 bits per heavy atom. The molecule has 3 aliphatic heterocycles. The third-order valence-electron chi connectivity index (χ3n) is 5.80. The molecule has 0 radical (unpaired) electrons. The van der Waals surface area contributed by atoms with Crippen molar-refractivity contribution in [1.29, 1.82) is 0 Å². The van der Waals surface area contributed by atoms with E-state index in [2.05, 4.69) is 4.90 Å². The summed E-state index contributed by atoms with van der Waals surface area (Å²) in [6, 6.07) is 13.8.